The van der Waals surface area contributed by atoms with Crippen LogP contribution >= 0.6 is 0 Å². The highest BCUT2D eigenvalue weighted by molar-refractivity contribution is 5.99. The summed E-state index contributed by atoms with van der Waals surface area (Å²) < 4.78 is 5.48. The Morgan fingerprint density at radius 3 is 2.04 bits per heavy atom. The molecule has 1 atom stereocenters. The van der Waals surface area contributed by atoms with Crippen LogP contribution in [0.5, 0.6) is 0 Å². The topological polar surface area (TPSA) is 75.7 Å². The number of hydrogen-bond acceptors (Lipinski definition) is 4. The van der Waals surface area contributed by atoms with E-state index in [4.69, 9.17) is 4.74 Å². The first-order valence-electron chi connectivity index (χ1n) is 8.40. The normalized spacial score (nSPS) is 12.0. The molecule has 0 unspecified atom stereocenters. The molecule has 0 saturated heterocycles. The third kappa shape index (κ3) is 5.81. The fourth-order valence-corrected chi connectivity index (χ4v) is 2.35. The average molecular weight is 366 g/mol. The number of carbonyl (C=O) groups is 3. The van der Waals surface area contributed by atoms with Crippen molar-refractivity contribution >= 4 is 23.9 Å². The van der Waals surface area contributed by atoms with E-state index in [2.05, 4.69) is 5.32 Å². The van der Waals surface area contributed by atoms with E-state index in [0.717, 1.165) is 0 Å². The van der Waals surface area contributed by atoms with Gasteiger partial charge in [0, 0.05) is 26.6 Å². The molecule has 27 heavy (non-hydrogen) atoms. The fraction of sp³-hybridized carbons (Fsp3) is 0.190. The Morgan fingerprint density at radius 2 is 1.52 bits per heavy atom. The Labute approximate surface area is 158 Å². The van der Waals surface area contributed by atoms with Gasteiger partial charge in [-0.25, -0.2) is 4.79 Å². The molecule has 0 heterocycles. The van der Waals surface area contributed by atoms with E-state index in [1.807, 2.05) is 18.2 Å². The molecule has 2 rings (SSSR count). The van der Waals surface area contributed by atoms with Gasteiger partial charge in [-0.2, -0.15) is 0 Å². The third-order valence-electron chi connectivity index (χ3n) is 3.63. The van der Waals surface area contributed by atoms with Crippen molar-refractivity contribution in [2.45, 2.75) is 13.0 Å². The van der Waals surface area contributed by atoms with Gasteiger partial charge in [-0.15, -0.1) is 0 Å². The highest BCUT2D eigenvalue weighted by atomic mass is 16.5. The van der Waals surface area contributed by atoms with E-state index in [-0.39, 0.29) is 11.6 Å². The van der Waals surface area contributed by atoms with E-state index in [1.165, 1.54) is 17.9 Å². The first-order chi connectivity index (χ1) is 12.9. The second-order valence-corrected chi connectivity index (χ2v) is 6.08. The van der Waals surface area contributed by atoms with E-state index < -0.39 is 18.0 Å². The number of carbonyl (C=O) groups excluding carboxylic acids is 3. The van der Waals surface area contributed by atoms with Crippen LogP contribution in [0.25, 0.3) is 6.08 Å². The van der Waals surface area contributed by atoms with Crippen LogP contribution in [-0.2, 0) is 19.1 Å². The molecule has 2 aromatic rings. The Kier molecular flexibility index (Phi) is 6.88. The maximum absolute atomic E-state index is 12.7. The van der Waals surface area contributed by atoms with Gasteiger partial charge in [0.1, 0.15) is 5.70 Å². The average Bonchev–Trinajstić information content (AvgIpc) is 2.66. The number of ether oxygens (including phenoxy) is 1. The predicted octanol–water partition coefficient (Wildman–Crippen LogP) is 2.54. The van der Waals surface area contributed by atoms with Gasteiger partial charge in [-0.05, 0) is 11.6 Å². The highest BCUT2D eigenvalue weighted by Crippen LogP contribution is 2.21. The van der Waals surface area contributed by atoms with E-state index >= 15 is 0 Å². The van der Waals surface area contributed by atoms with Crippen LogP contribution in [0.3, 0.4) is 0 Å². The number of amides is 2. The second kappa shape index (κ2) is 9.33. The summed E-state index contributed by atoms with van der Waals surface area (Å²) in [7, 11) is 3.17. The van der Waals surface area contributed by atoms with Crippen molar-refractivity contribution in [3.63, 3.8) is 0 Å². The lowest BCUT2D eigenvalue weighted by Gasteiger charge is -2.22. The molecule has 6 nitrogen and oxygen atoms in total. The second-order valence-electron chi connectivity index (χ2n) is 6.08. The van der Waals surface area contributed by atoms with Gasteiger partial charge >= 0.3 is 5.97 Å². The number of nitrogens with one attached hydrogen (secondary N) is 1. The Balaban J connectivity index is 2.33. The summed E-state index contributed by atoms with van der Waals surface area (Å²) in [6, 6.07) is 17.8. The smallest absolute Gasteiger partial charge is 0.355 e. The van der Waals surface area contributed by atoms with Gasteiger partial charge in [0.05, 0.1) is 0 Å². The number of hydrogen-bond donors (Lipinski definition) is 1. The third-order valence-corrected chi connectivity index (χ3v) is 3.63. The van der Waals surface area contributed by atoms with Crippen molar-refractivity contribution in [3.8, 4) is 0 Å². The molecule has 0 radical (unpaired) electrons. The number of benzene rings is 2. The summed E-state index contributed by atoms with van der Waals surface area (Å²) in [6.45, 7) is 1.30. The molecule has 6 heteroatoms. The first-order valence-corrected chi connectivity index (χ1v) is 8.40. The van der Waals surface area contributed by atoms with Crippen LogP contribution in [-0.4, -0.2) is 36.8 Å². The van der Waals surface area contributed by atoms with Gasteiger partial charge in [-0.3, -0.25) is 9.59 Å². The lowest BCUT2D eigenvalue weighted by Crippen LogP contribution is -2.33. The largest absolute Gasteiger partial charge is 0.443 e. The number of likely N-dealkylation sites (N-methyl/N-ethyl adjacent to an activating group) is 1. The van der Waals surface area contributed by atoms with Crippen LogP contribution in [0.2, 0.25) is 0 Å². The molecule has 0 aromatic heterocycles. The number of rotatable bonds is 6. The minimum Gasteiger partial charge on any atom is -0.443 e. The van der Waals surface area contributed by atoms with Gasteiger partial charge in [0.25, 0.3) is 5.91 Å². The first kappa shape index (κ1) is 19.9. The van der Waals surface area contributed by atoms with Gasteiger partial charge < -0.3 is 15.0 Å². The summed E-state index contributed by atoms with van der Waals surface area (Å²) in [6.07, 6.45) is 0.396. The van der Waals surface area contributed by atoms with Crippen molar-refractivity contribution in [1.29, 1.82) is 0 Å². The Hall–Kier alpha value is -3.41. The zero-order chi connectivity index (χ0) is 19.8. The van der Waals surface area contributed by atoms with Crippen LogP contribution < -0.4 is 5.32 Å². The molecule has 2 aromatic carbocycles. The lowest BCUT2D eigenvalue weighted by atomic mass is 10.1. The zero-order valence-corrected chi connectivity index (χ0v) is 15.5. The summed E-state index contributed by atoms with van der Waals surface area (Å²) >= 11 is 0. The molecule has 0 fully saturated rings. The molecule has 0 saturated carbocycles. The minimum atomic E-state index is -1.11. The van der Waals surface area contributed by atoms with Crippen LogP contribution in [0.1, 0.15) is 24.2 Å². The maximum atomic E-state index is 12.7. The summed E-state index contributed by atoms with van der Waals surface area (Å²) in [5.74, 6) is -1.58. The highest BCUT2D eigenvalue weighted by Gasteiger charge is 2.28. The molecule has 0 aliphatic heterocycles. The lowest BCUT2D eigenvalue weighted by molar-refractivity contribution is -0.157. The molecular formula is C21H22N2O4. The maximum Gasteiger partial charge on any atom is 0.355 e. The van der Waals surface area contributed by atoms with E-state index in [0.29, 0.717) is 11.1 Å². The number of nitrogens with zero attached hydrogens (tertiary/aromatic N) is 1. The van der Waals surface area contributed by atoms with Crippen molar-refractivity contribution < 1.29 is 19.1 Å². The van der Waals surface area contributed by atoms with Crippen LogP contribution in [0.4, 0.5) is 0 Å². The van der Waals surface area contributed by atoms with Crippen molar-refractivity contribution in [2.24, 2.45) is 0 Å². The Bertz CT molecular complexity index is 830. The minimum absolute atomic E-state index is 0.0406. The summed E-state index contributed by atoms with van der Waals surface area (Å²) in [5.41, 5.74) is 1.22. The van der Waals surface area contributed by atoms with E-state index in [9.17, 15) is 14.4 Å². The molecule has 0 spiro atoms. The van der Waals surface area contributed by atoms with Crippen molar-refractivity contribution in [2.75, 3.05) is 14.1 Å². The SMILES string of the molecule is CC(=O)N/C(=C\c1ccccc1)C(=O)O[C@H](C(=O)N(C)C)c1ccccc1. The van der Waals surface area contributed by atoms with Gasteiger partial charge in [0.15, 0.2) is 0 Å². The van der Waals surface area contributed by atoms with E-state index in [1.54, 1.807) is 56.6 Å². The van der Waals surface area contributed by atoms with Gasteiger partial charge in [0.2, 0.25) is 12.0 Å². The van der Waals surface area contributed by atoms with Gasteiger partial charge in [-0.1, -0.05) is 60.7 Å². The molecule has 0 bridgehead atoms. The summed E-state index contributed by atoms with van der Waals surface area (Å²) in [4.78, 5) is 38.1. The molecule has 1 N–H and O–H groups in total. The molecular weight excluding hydrogens is 344 g/mol. The van der Waals surface area contributed by atoms with Crippen LogP contribution in [0, 0.1) is 0 Å². The predicted molar refractivity (Wildman–Crippen MR) is 102 cm³/mol. The molecule has 140 valence electrons. The monoisotopic (exact) mass is 366 g/mol. The Morgan fingerprint density at radius 1 is 0.963 bits per heavy atom. The summed E-state index contributed by atoms with van der Waals surface area (Å²) in [5, 5.41) is 2.48. The quantitative estimate of drug-likeness (QED) is 0.630. The fourth-order valence-electron chi connectivity index (χ4n) is 2.35. The molecule has 0 aliphatic carbocycles. The zero-order valence-electron chi connectivity index (χ0n) is 15.5. The molecule has 2 amide bonds. The number of esters is 1. The van der Waals surface area contributed by atoms with Crippen molar-refractivity contribution in [1.82, 2.24) is 10.2 Å². The van der Waals surface area contributed by atoms with Crippen molar-refractivity contribution in [3.05, 3.63) is 77.5 Å². The standard InChI is InChI=1S/C21H22N2O4/c1-15(24)22-18(14-16-10-6-4-7-11-16)21(26)27-19(20(25)23(2)3)17-12-8-5-9-13-17/h4-14,19H,1-3H3,(H,22,24)/b18-14-/t19-/m0/s1. The molecule has 0 aliphatic rings. The van der Waals surface area contributed by atoms with Crippen LogP contribution in [0.15, 0.2) is 66.4 Å².